The number of carbonyl (C=O) groups is 1. The summed E-state index contributed by atoms with van der Waals surface area (Å²) < 4.78 is 34.8. The van der Waals surface area contributed by atoms with Crippen molar-refractivity contribution in [1.82, 2.24) is 8.87 Å². The average Bonchev–Trinajstić information content (AvgIpc) is 3.11. The zero-order chi connectivity index (χ0) is 21.4. The van der Waals surface area contributed by atoms with Gasteiger partial charge in [0.05, 0.1) is 12.0 Å². The van der Waals surface area contributed by atoms with Crippen LogP contribution >= 0.6 is 0 Å². The number of likely N-dealkylation sites (N-methyl/N-ethyl adjacent to an activating group) is 1. The molecule has 0 saturated carbocycles. The van der Waals surface area contributed by atoms with Crippen LogP contribution in [-0.2, 0) is 33.5 Å². The van der Waals surface area contributed by atoms with Gasteiger partial charge in [-0.25, -0.2) is 17.7 Å². The molecule has 0 fully saturated rings. The normalized spacial score (nSPS) is 18.2. The van der Waals surface area contributed by atoms with Crippen molar-refractivity contribution in [3.8, 4) is 0 Å². The number of esters is 1. The van der Waals surface area contributed by atoms with Gasteiger partial charge in [0.15, 0.2) is 6.10 Å². The molecule has 6 nitrogen and oxygen atoms in total. The summed E-state index contributed by atoms with van der Waals surface area (Å²) in [4.78, 5) is 12.6. The Bertz CT molecular complexity index is 1110. The lowest BCUT2D eigenvalue weighted by atomic mass is 9.99. The van der Waals surface area contributed by atoms with Crippen LogP contribution in [0.25, 0.3) is 10.9 Å². The minimum atomic E-state index is -1.43. The van der Waals surface area contributed by atoms with Crippen LogP contribution in [-0.4, -0.2) is 44.4 Å². The summed E-state index contributed by atoms with van der Waals surface area (Å²) in [7, 11) is 1.63. The maximum atomic E-state index is 13.2. The molecule has 8 heteroatoms. The summed E-state index contributed by atoms with van der Waals surface area (Å²) in [6.45, 7) is 0.563. The second-order valence-corrected chi connectivity index (χ2v) is 8.90. The fourth-order valence-electron chi connectivity index (χ4n) is 4.15. The summed E-state index contributed by atoms with van der Waals surface area (Å²) in [5.41, 5.74) is 2.39. The maximum Gasteiger partial charge on any atom is 0.339 e. The summed E-state index contributed by atoms with van der Waals surface area (Å²) in [6, 6.07) is 13.3. The first-order chi connectivity index (χ1) is 14.4. The Labute approximate surface area is 176 Å². The zero-order valence-corrected chi connectivity index (χ0v) is 17.6. The molecule has 2 aromatic carbocycles. The first kappa shape index (κ1) is 20.7. The first-order valence-electron chi connectivity index (χ1n) is 9.68. The van der Waals surface area contributed by atoms with Gasteiger partial charge in [-0.3, -0.25) is 0 Å². The third kappa shape index (κ3) is 3.55. The molecule has 158 valence electrons. The lowest BCUT2D eigenvalue weighted by Crippen LogP contribution is -2.40. The van der Waals surface area contributed by atoms with Gasteiger partial charge in [-0.05, 0) is 43.2 Å². The second kappa shape index (κ2) is 8.29. The number of rotatable bonds is 5. The molecule has 0 bridgehead atoms. The number of ether oxygens (including phenoxy) is 1. The molecular weight excluding hydrogens is 407 g/mol. The fraction of sp³-hybridized carbons (Fsp3) is 0.318. The highest BCUT2D eigenvalue weighted by atomic mass is 32.2. The van der Waals surface area contributed by atoms with Gasteiger partial charge in [0.25, 0.3) is 0 Å². The van der Waals surface area contributed by atoms with Crippen molar-refractivity contribution >= 4 is 27.9 Å². The molecule has 3 aromatic rings. The summed E-state index contributed by atoms with van der Waals surface area (Å²) in [5.74, 6) is -1.05. The Hall–Kier alpha value is -2.55. The van der Waals surface area contributed by atoms with E-state index in [4.69, 9.17) is 4.74 Å². The predicted molar refractivity (Wildman–Crippen MR) is 112 cm³/mol. The molecule has 4 rings (SSSR count). The Morgan fingerprint density at radius 1 is 1.27 bits per heavy atom. The fourth-order valence-corrected chi connectivity index (χ4v) is 5.29. The Morgan fingerprint density at radius 2 is 1.97 bits per heavy atom. The largest absolute Gasteiger partial charge is 0.467 e. The Morgan fingerprint density at radius 3 is 2.67 bits per heavy atom. The first-order valence-corrected chi connectivity index (χ1v) is 10.8. The van der Waals surface area contributed by atoms with Crippen LogP contribution in [0.15, 0.2) is 53.4 Å². The van der Waals surface area contributed by atoms with Crippen LogP contribution in [0.1, 0.15) is 23.8 Å². The molecule has 0 spiro atoms. The van der Waals surface area contributed by atoms with E-state index in [1.807, 2.05) is 24.3 Å². The molecule has 30 heavy (non-hydrogen) atoms. The van der Waals surface area contributed by atoms with Crippen LogP contribution in [0.2, 0.25) is 0 Å². The number of hydrogen-bond acceptors (Lipinski definition) is 4. The van der Waals surface area contributed by atoms with Crippen molar-refractivity contribution in [2.75, 3.05) is 14.2 Å². The molecule has 0 aliphatic carbocycles. The highest BCUT2D eigenvalue weighted by Gasteiger charge is 2.33. The molecular formula is C22H23FN2O4S. The minimum Gasteiger partial charge on any atom is -0.467 e. The van der Waals surface area contributed by atoms with Crippen molar-refractivity contribution in [1.29, 1.82) is 0 Å². The van der Waals surface area contributed by atoms with Gasteiger partial charge in [-0.1, -0.05) is 18.2 Å². The van der Waals surface area contributed by atoms with Crippen molar-refractivity contribution < 1.29 is 23.2 Å². The van der Waals surface area contributed by atoms with Gasteiger partial charge in [-0.15, -0.1) is 0 Å². The van der Waals surface area contributed by atoms with Crippen LogP contribution in [0.5, 0.6) is 0 Å². The smallest absolute Gasteiger partial charge is 0.339 e. The van der Waals surface area contributed by atoms with Crippen LogP contribution in [0.3, 0.4) is 0 Å². The molecule has 3 atom stereocenters. The highest BCUT2D eigenvalue weighted by Crippen LogP contribution is 2.36. The average molecular weight is 431 g/mol. The number of aliphatic hydroxyl groups is 1. The molecule has 1 aromatic heterocycles. The lowest BCUT2D eigenvalue weighted by molar-refractivity contribution is -0.150. The van der Waals surface area contributed by atoms with E-state index in [0.717, 1.165) is 16.6 Å². The summed E-state index contributed by atoms with van der Waals surface area (Å²) >= 11 is 0. The van der Waals surface area contributed by atoms with E-state index in [1.54, 1.807) is 11.4 Å². The van der Waals surface area contributed by atoms with Gasteiger partial charge in [-0.2, -0.15) is 0 Å². The second-order valence-electron chi connectivity index (χ2n) is 7.36. The number of aliphatic hydroxyl groups excluding tert-OH is 1. The molecule has 1 aliphatic rings. The van der Waals surface area contributed by atoms with Gasteiger partial charge in [0.1, 0.15) is 16.8 Å². The Kier molecular flexibility index (Phi) is 5.73. The number of methoxy groups -OCH3 is 1. The Balaban J connectivity index is 1.68. The lowest BCUT2D eigenvalue weighted by Gasteiger charge is -2.32. The van der Waals surface area contributed by atoms with Gasteiger partial charge < -0.3 is 14.4 Å². The van der Waals surface area contributed by atoms with Crippen LogP contribution in [0, 0.1) is 5.82 Å². The highest BCUT2D eigenvalue weighted by molar-refractivity contribution is 7.82. The number of aromatic nitrogens is 1. The monoisotopic (exact) mass is 430 g/mol. The zero-order valence-electron chi connectivity index (χ0n) is 16.7. The molecule has 2 heterocycles. The number of fused-ring (bicyclic) bond motifs is 3. The van der Waals surface area contributed by atoms with Crippen LogP contribution in [0.4, 0.5) is 4.39 Å². The SMILES string of the molecule is COC(=O)C(O)c1c2n(c3ccccc13)CC(N(C)S(=O)c1ccc(F)cc1)CC2. The van der Waals surface area contributed by atoms with Crippen LogP contribution < -0.4 is 0 Å². The summed E-state index contributed by atoms with van der Waals surface area (Å²) in [6.07, 6.45) is -0.0206. The van der Waals surface area contributed by atoms with Crippen molar-refractivity contribution in [3.05, 3.63) is 65.6 Å². The maximum absolute atomic E-state index is 13.2. The van der Waals surface area contributed by atoms with E-state index in [2.05, 4.69) is 4.57 Å². The minimum absolute atomic E-state index is 0.0256. The third-order valence-corrected chi connectivity index (χ3v) is 7.22. The molecule has 0 amide bonds. The molecule has 1 N–H and O–H groups in total. The van der Waals surface area contributed by atoms with Gasteiger partial charge in [0, 0.05) is 41.8 Å². The number of halogens is 1. The predicted octanol–water partition coefficient (Wildman–Crippen LogP) is 2.96. The molecule has 3 unspecified atom stereocenters. The third-order valence-electron chi connectivity index (χ3n) is 5.72. The number of para-hydroxylation sites is 1. The topological polar surface area (TPSA) is 71.8 Å². The van der Waals surface area contributed by atoms with E-state index in [-0.39, 0.29) is 11.9 Å². The van der Waals surface area contributed by atoms with Gasteiger partial charge >= 0.3 is 5.97 Å². The van der Waals surface area contributed by atoms with E-state index < -0.39 is 23.1 Å². The number of carbonyl (C=O) groups excluding carboxylic acids is 1. The number of hydrogen-bond donors (Lipinski definition) is 1. The van der Waals surface area contributed by atoms with E-state index in [9.17, 15) is 18.5 Å². The van der Waals surface area contributed by atoms with Crippen molar-refractivity contribution in [2.24, 2.45) is 0 Å². The number of benzene rings is 2. The van der Waals surface area contributed by atoms with E-state index in [0.29, 0.717) is 29.8 Å². The quantitative estimate of drug-likeness (QED) is 0.632. The molecule has 0 radical (unpaired) electrons. The molecule has 1 aliphatic heterocycles. The van der Waals surface area contributed by atoms with Gasteiger partial charge in [0.2, 0.25) is 0 Å². The van der Waals surface area contributed by atoms with Crippen molar-refractivity contribution in [2.45, 2.75) is 36.4 Å². The summed E-state index contributed by atoms with van der Waals surface area (Å²) in [5, 5.41) is 11.4. The van der Waals surface area contributed by atoms with E-state index >= 15 is 0 Å². The van der Waals surface area contributed by atoms with Crippen molar-refractivity contribution in [3.63, 3.8) is 0 Å². The standard InChI is InChI=1S/C22H23FN2O4S/c1-24(30(28)16-10-7-14(23)8-11-16)15-9-12-19-20(21(26)22(27)29-2)17-5-3-4-6-18(17)25(19)13-15/h3-8,10-11,15,21,26H,9,12-13H2,1-2H3. The molecule has 0 saturated heterocycles. The van der Waals surface area contributed by atoms with E-state index in [1.165, 1.54) is 31.4 Å². The number of nitrogens with zero attached hydrogens (tertiary/aromatic N) is 2.